The van der Waals surface area contributed by atoms with Gasteiger partial charge in [-0.25, -0.2) is 4.79 Å². The van der Waals surface area contributed by atoms with Crippen molar-refractivity contribution in [2.75, 3.05) is 13.1 Å². The fraction of sp³-hybridized carbons (Fsp3) is 0.727. The highest BCUT2D eigenvalue weighted by Crippen LogP contribution is 2.20. The van der Waals surface area contributed by atoms with Crippen LogP contribution in [0.5, 0.6) is 0 Å². The van der Waals surface area contributed by atoms with Crippen molar-refractivity contribution in [1.82, 2.24) is 4.90 Å². The van der Waals surface area contributed by atoms with Crippen molar-refractivity contribution in [2.45, 2.75) is 39.2 Å². The van der Waals surface area contributed by atoms with E-state index < -0.39 is 5.97 Å². The van der Waals surface area contributed by atoms with Gasteiger partial charge in [-0.15, -0.1) is 0 Å². The fourth-order valence-corrected chi connectivity index (χ4v) is 2.14. The average molecular weight is 197 g/mol. The van der Waals surface area contributed by atoms with Crippen LogP contribution in [0.4, 0.5) is 0 Å². The topological polar surface area (TPSA) is 40.5 Å². The van der Waals surface area contributed by atoms with Gasteiger partial charge in [0.2, 0.25) is 0 Å². The predicted molar refractivity (Wildman–Crippen MR) is 56.3 cm³/mol. The summed E-state index contributed by atoms with van der Waals surface area (Å²) in [5.74, 6) is -0.838. The van der Waals surface area contributed by atoms with E-state index >= 15 is 0 Å². The van der Waals surface area contributed by atoms with E-state index in [-0.39, 0.29) is 0 Å². The molecular weight excluding hydrogens is 178 g/mol. The quantitative estimate of drug-likeness (QED) is 0.700. The van der Waals surface area contributed by atoms with Crippen molar-refractivity contribution in [3.63, 3.8) is 0 Å². The summed E-state index contributed by atoms with van der Waals surface area (Å²) in [6, 6.07) is 0.659. The number of hydrogen-bond donors (Lipinski definition) is 1. The number of carboxylic acid groups (broad SMARTS) is 1. The molecule has 0 aliphatic carbocycles. The van der Waals surface area contributed by atoms with Gasteiger partial charge in [-0.3, -0.25) is 4.90 Å². The summed E-state index contributed by atoms with van der Waals surface area (Å²) in [5, 5.41) is 8.59. The highest BCUT2D eigenvalue weighted by atomic mass is 16.4. The molecular formula is C11H19NO2. The Morgan fingerprint density at radius 3 is 2.93 bits per heavy atom. The number of rotatable bonds is 4. The molecule has 1 atom stereocenters. The number of likely N-dealkylation sites (tertiary alicyclic amines) is 1. The second-order valence-electron chi connectivity index (χ2n) is 4.00. The summed E-state index contributed by atoms with van der Waals surface area (Å²) < 4.78 is 0. The first-order valence-corrected chi connectivity index (χ1v) is 5.27. The van der Waals surface area contributed by atoms with E-state index in [0.717, 1.165) is 18.7 Å². The largest absolute Gasteiger partial charge is 0.478 e. The van der Waals surface area contributed by atoms with E-state index in [1.807, 2.05) is 6.92 Å². The van der Waals surface area contributed by atoms with Gasteiger partial charge in [0.15, 0.2) is 0 Å². The zero-order valence-corrected chi connectivity index (χ0v) is 8.99. The number of carboxylic acids is 1. The first-order chi connectivity index (χ1) is 6.63. The van der Waals surface area contributed by atoms with Crippen molar-refractivity contribution >= 4 is 5.97 Å². The van der Waals surface area contributed by atoms with Gasteiger partial charge in [0.1, 0.15) is 0 Å². The molecule has 1 N–H and O–H groups in total. The monoisotopic (exact) mass is 197 g/mol. The second-order valence-corrected chi connectivity index (χ2v) is 4.00. The molecule has 0 radical (unpaired) electrons. The molecule has 1 heterocycles. The Hall–Kier alpha value is -0.830. The third-order valence-corrected chi connectivity index (χ3v) is 2.79. The zero-order chi connectivity index (χ0) is 10.6. The molecule has 1 aliphatic rings. The van der Waals surface area contributed by atoms with Crippen LogP contribution in [0.1, 0.15) is 33.1 Å². The molecule has 3 heteroatoms. The Morgan fingerprint density at radius 1 is 1.64 bits per heavy atom. The lowest BCUT2D eigenvalue weighted by molar-refractivity contribution is -0.131. The van der Waals surface area contributed by atoms with E-state index in [4.69, 9.17) is 5.11 Å². The fourth-order valence-electron chi connectivity index (χ4n) is 2.14. The van der Waals surface area contributed by atoms with Crippen molar-refractivity contribution in [2.24, 2.45) is 0 Å². The van der Waals surface area contributed by atoms with Crippen LogP contribution < -0.4 is 0 Å². The van der Waals surface area contributed by atoms with Crippen LogP contribution in [0, 0.1) is 0 Å². The molecule has 0 aromatic carbocycles. The van der Waals surface area contributed by atoms with Gasteiger partial charge in [-0.1, -0.05) is 12.5 Å². The summed E-state index contributed by atoms with van der Waals surface area (Å²) in [4.78, 5) is 12.8. The maximum Gasteiger partial charge on any atom is 0.328 e. The van der Waals surface area contributed by atoms with E-state index in [1.54, 1.807) is 0 Å². The van der Waals surface area contributed by atoms with Crippen molar-refractivity contribution < 1.29 is 9.90 Å². The van der Waals surface area contributed by atoms with Gasteiger partial charge in [0.05, 0.1) is 0 Å². The van der Waals surface area contributed by atoms with Gasteiger partial charge in [-0.2, -0.15) is 0 Å². The summed E-state index contributed by atoms with van der Waals surface area (Å²) in [6.07, 6.45) is 4.99. The second kappa shape index (κ2) is 5.15. The van der Waals surface area contributed by atoms with Gasteiger partial charge in [0, 0.05) is 18.7 Å². The third kappa shape index (κ3) is 3.14. The smallest absolute Gasteiger partial charge is 0.328 e. The molecule has 80 valence electrons. The minimum absolute atomic E-state index is 0.659. The number of aliphatic carboxylic acids is 1. The maximum atomic E-state index is 10.4. The Bertz CT molecular complexity index is 235. The molecule has 1 aliphatic heterocycles. The van der Waals surface area contributed by atoms with Gasteiger partial charge in [-0.05, 0) is 32.7 Å². The van der Waals surface area contributed by atoms with Gasteiger partial charge >= 0.3 is 5.97 Å². The van der Waals surface area contributed by atoms with Crippen LogP contribution in [-0.4, -0.2) is 35.1 Å². The molecule has 3 nitrogen and oxygen atoms in total. The SMILES string of the molecule is CCC1CCCN1CC(C)=CC(=O)O. The standard InChI is InChI=1S/C11H19NO2/c1-3-10-5-4-6-12(10)8-9(2)7-11(13)14/h7,10H,3-6,8H2,1-2H3,(H,13,14). The molecule has 1 saturated heterocycles. The van der Waals surface area contributed by atoms with Gasteiger partial charge < -0.3 is 5.11 Å². The summed E-state index contributed by atoms with van der Waals surface area (Å²) >= 11 is 0. The van der Waals surface area contributed by atoms with Crippen molar-refractivity contribution in [1.29, 1.82) is 0 Å². The highest BCUT2D eigenvalue weighted by Gasteiger charge is 2.22. The van der Waals surface area contributed by atoms with Crippen molar-refractivity contribution in [3.8, 4) is 0 Å². The van der Waals surface area contributed by atoms with E-state index in [2.05, 4.69) is 11.8 Å². The predicted octanol–water partition coefficient (Wildman–Crippen LogP) is 1.89. The summed E-state index contributed by atoms with van der Waals surface area (Å²) in [7, 11) is 0. The average Bonchev–Trinajstić information content (AvgIpc) is 2.50. The van der Waals surface area contributed by atoms with Crippen LogP contribution >= 0.6 is 0 Å². The van der Waals surface area contributed by atoms with Gasteiger partial charge in [0.25, 0.3) is 0 Å². The minimum atomic E-state index is -0.838. The molecule has 0 spiro atoms. The lowest BCUT2D eigenvalue weighted by Crippen LogP contribution is -2.30. The van der Waals surface area contributed by atoms with Crippen molar-refractivity contribution in [3.05, 3.63) is 11.6 Å². The van der Waals surface area contributed by atoms with E-state index in [9.17, 15) is 4.79 Å². The first kappa shape index (κ1) is 11.2. The highest BCUT2D eigenvalue weighted by molar-refractivity contribution is 5.80. The van der Waals surface area contributed by atoms with E-state index in [1.165, 1.54) is 25.3 Å². The minimum Gasteiger partial charge on any atom is -0.478 e. The maximum absolute atomic E-state index is 10.4. The molecule has 14 heavy (non-hydrogen) atoms. The number of nitrogens with zero attached hydrogens (tertiary/aromatic N) is 1. The Kier molecular flexibility index (Phi) is 4.14. The molecule has 0 aromatic heterocycles. The Morgan fingerprint density at radius 2 is 2.36 bits per heavy atom. The zero-order valence-electron chi connectivity index (χ0n) is 8.99. The number of carbonyl (C=O) groups is 1. The third-order valence-electron chi connectivity index (χ3n) is 2.79. The Labute approximate surface area is 85.4 Å². The van der Waals surface area contributed by atoms with Crippen LogP contribution in [-0.2, 0) is 4.79 Å². The molecule has 0 saturated carbocycles. The first-order valence-electron chi connectivity index (χ1n) is 5.27. The summed E-state index contributed by atoms with van der Waals surface area (Å²) in [6.45, 7) is 6.01. The molecule has 0 aromatic rings. The molecule has 0 bridgehead atoms. The van der Waals surface area contributed by atoms with Crippen LogP contribution in [0.2, 0.25) is 0 Å². The normalized spacial score (nSPS) is 24.1. The molecule has 1 fully saturated rings. The van der Waals surface area contributed by atoms with Crippen LogP contribution in [0.3, 0.4) is 0 Å². The molecule has 0 amide bonds. The lowest BCUT2D eigenvalue weighted by atomic mass is 10.1. The lowest BCUT2D eigenvalue weighted by Gasteiger charge is -2.23. The molecule has 1 unspecified atom stereocenters. The Balaban J connectivity index is 2.47. The van der Waals surface area contributed by atoms with Crippen LogP contribution in [0.25, 0.3) is 0 Å². The molecule has 1 rings (SSSR count). The summed E-state index contributed by atoms with van der Waals surface area (Å²) in [5.41, 5.74) is 0.942. The number of hydrogen-bond acceptors (Lipinski definition) is 2. The van der Waals surface area contributed by atoms with Crippen LogP contribution in [0.15, 0.2) is 11.6 Å². The van der Waals surface area contributed by atoms with E-state index in [0.29, 0.717) is 6.04 Å².